The highest BCUT2D eigenvalue weighted by molar-refractivity contribution is 9.10. The number of amides is 1. The molecule has 7 nitrogen and oxygen atoms in total. The van der Waals surface area contributed by atoms with Crippen molar-refractivity contribution < 1.29 is 18.3 Å². The molecule has 0 aliphatic carbocycles. The maximum absolute atomic E-state index is 14.7. The summed E-state index contributed by atoms with van der Waals surface area (Å²) in [5, 5.41) is 3.02. The van der Waals surface area contributed by atoms with E-state index in [0.717, 1.165) is 0 Å². The lowest BCUT2D eigenvalue weighted by Crippen LogP contribution is -2.52. The summed E-state index contributed by atoms with van der Waals surface area (Å²) in [7, 11) is -3.21. The topological polar surface area (TPSA) is 121 Å². The lowest BCUT2D eigenvalue weighted by atomic mass is 9.92. The first-order chi connectivity index (χ1) is 13.8. The molecule has 2 aromatic rings. The molecular weight excluding hydrogens is 499 g/mol. The van der Waals surface area contributed by atoms with Crippen LogP contribution in [0.2, 0.25) is 5.02 Å². The van der Waals surface area contributed by atoms with E-state index in [1.54, 1.807) is 20.8 Å². The van der Waals surface area contributed by atoms with Crippen molar-refractivity contribution in [3.05, 3.63) is 57.0 Å². The van der Waals surface area contributed by atoms with Crippen LogP contribution in [-0.2, 0) is 5.54 Å². The summed E-state index contributed by atoms with van der Waals surface area (Å²) < 4.78 is 35.3. The Morgan fingerprint density at radius 3 is 2.60 bits per heavy atom. The summed E-state index contributed by atoms with van der Waals surface area (Å²) >= 11 is 9.08. The zero-order chi connectivity index (χ0) is 22.5. The number of nitrogens with zero attached hydrogens (tertiary/aromatic N) is 2. The van der Waals surface area contributed by atoms with Crippen LogP contribution in [0.1, 0.15) is 36.8 Å². The molecule has 1 atom stereocenters. The molecule has 0 spiro atoms. The Morgan fingerprint density at radius 1 is 1.33 bits per heavy atom. The molecule has 1 amide bonds. The maximum atomic E-state index is 14.7. The highest BCUT2D eigenvalue weighted by Gasteiger charge is 2.49. The standard InChI is InChI=1S/C19H21BrClFN4O3S/c1-18(2)17(23)26-19(3,9-30(18,28)29)12-7-11(4-5-14(12)22)25-16(27)15-13(20)6-10(21)8-24-15/h4-8,28-29H,9H2,1-3H3,(H2,23,26)(H,25,27)/t19-/m0/s1. The Labute approximate surface area is 188 Å². The van der Waals surface area contributed by atoms with Crippen LogP contribution in [0.25, 0.3) is 0 Å². The summed E-state index contributed by atoms with van der Waals surface area (Å²) in [5.74, 6) is -1.31. The summed E-state index contributed by atoms with van der Waals surface area (Å²) in [6, 6.07) is 5.51. The van der Waals surface area contributed by atoms with Crippen LogP contribution in [0.4, 0.5) is 10.1 Å². The third kappa shape index (κ3) is 4.06. The van der Waals surface area contributed by atoms with Crippen LogP contribution in [0.5, 0.6) is 0 Å². The molecule has 0 fully saturated rings. The number of halogens is 3. The summed E-state index contributed by atoms with van der Waals surface area (Å²) in [4.78, 5) is 21.0. The number of carbonyl (C=O) groups excluding carboxylic acids is 1. The number of nitrogens with one attached hydrogen (secondary N) is 1. The Balaban J connectivity index is 1.98. The Hall–Kier alpha value is -1.72. The highest BCUT2D eigenvalue weighted by Crippen LogP contribution is 2.59. The van der Waals surface area contributed by atoms with E-state index in [1.807, 2.05) is 0 Å². The third-order valence-corrected chi connectivity index (χ3v) is 8.73. The number of amidine groups is 1. The molecule has 2 heterocycles. The van der Waals surface area contributed by atoms with Crippen molar-refractivity contribution in [1.82, 2.24) is 4.98 Å². The van der Waals surface area contributed by atoms with Crippen LogP contribution < -0.4 is 11.1 Å². The number of hydrogen-bond donors (Lipinski definition) is 4. The van der Waals surface area contributed by atoms with Gasteiger partial charge in [0.25, 0.3) is 5.91 Å². The summed E-state index contributed by atoms with van der Waals surface area (Å²) in [6.45, 7) is 4.75. The minimum Gasteiger partial charge on any atom is -0.386 e. The fraction of sp³-hybridized carbons (Fsp3) is 0.316. The molecule has 1 aliphatic heterocycles. The quantitative estimate of drug-likeness (QED) is 0.454. The number of nitrogens with two attached hydrogens (primary N) is 1. The van der Waals surface area contributed by atoms with Gasteiger partial charge in [0.2, 0.25) is 0 Å². The molecule has 1 aliphatic rings. The normalized spacial score (nSPS) is 23.4. The van der Waals surface area contributed by atoms with Gasteiger partial charge in [-0.1, -0.05) is 11.6 Å². The molecule has 0 saturated heterocycles. The van der Waals surface area contributed by atoms with Gasteiger partial charge in [-0.05, 0) is 61.0 Å². The zero-order valence-corrected chi connectivity index (χ0v) is 19.6. The Morgan fingerprint density at radius 2 is 2.00 bits per heavy atom. The Kier molecular flexibility index (Phi) is 5.94. The van der Waals surface area contributed by atoms with E-state index in [4.69, 9.17) is 17.3 Å². The SMILES string of the molecule is CC1(C)C(N)=N[C@](C)(c2cc(NC(=O)c3ncc(Cl)cc3Br)ccc2F)CS1(O)O. The molecule has 0 unspecified atom stereocenters. The third-order valence-electron chi connectivity index (χ3n) is 5.11. The van der Waals surface area contributed by atoms with Crippen molar-refractivity contribution in [3.8, 4) is 0 Å². The first kappa shape index (κ1) is 23.0. The van der Waals surface area contributed by atoms with Gasteiger partial charge in [-0.15, -0.1) is 0 Å². The molecule has 0 bridgehead atoms. The van der Waals surface area contributed by atoms with Crippen molar-refractivity contribution >= 4 is 55.6 Å². The number of benzene rings is 1. The molecule has 1 aromatic carbocycles. The lowest BCUT2D eigenvalue weighted by molar-refractivity contribution is 0.102. The number of aromatic nitrogens is 1. The first-order valence-electron chi connectivity index (χ1n) is 8.80. The van der Waals surface area contributed by atoms with Crippen molar-refractivity contribution in [2.24, 2.45) is 10.7 Å². The van der Waals surface area contributed by atoms with E-state index >= 15 is 0 Å². The van der Waals surface area contributed by atoms with E-state index in [0.29, 0.717) is 9.50 Å². The molecule has 162 valence electrons. The van der Waals surface area contributed by atoms with Crippen LogP contribution >= 0.6 is 38.1 Å². The van der Waals surface area contributed by atoms with Crippen molar-refractivity contribution in [2.75, 3.05) is 11.1 Å². The van der Waals surface area contributed by atoms with Gasteiger partial charge >= 0.3 is 0 Å². The monoisotopic (exact) mass is 518 g/mol. The minimum absolute atomic E-state index is 0.0272. The molecule has 30 heavy (non-hydrogen) atoms. The molecule has 11 heteroatoms. The van der Waals surface area contributed by atoms with Gasteiger partial charge in [-0.25, -0.2) is 9.37 Å². The van der Waals surface area contributed by atoms with Crippen LogP contribution in [0.15, 0.2) is 39.9 Å². The fourth-order valence-corrected chi connectivity index (χ4v) is 5.66. The number of anilines is 1. The second-order valence-electron chi connectivity index (χ2n) is 7.73. The molecule has 5 N–H and O–H groups in total. The number of carbonyl (C=O) groups is 1. The van der Waals surface area contributed by atoms with Crippen LogP contribution in [0, 0.1) is 5.82 Å². The lowest BCUT2D eigenvalue weighted by Gasteiger charge is -2.53. The van der Waals surface area contributed by atoms with Gasteiger partial charge in [0, 0.05) is 17.4 Å². The first-order valence-corrected chi connectivity index (χ1v) is 11.7. The largest absolute Gasteiger partial charge is 0.386 e. The van der Waals surface area contributed by atoms with Gasteiger partial charge in [0.05, 0.1) is 15.2 Å². The van der Waals surface area contributed by atoms with E-state index in [1.165, 1.54) is 30.5 Å². The average Bonchev–Trinajstić information content (AvgIpc) is 2.61. The highest BCUT2D eigenvalue weighted by atomic mass is 79.9. The molecule has 1 aromatic heterocycles. The summed E-state index contributed by atoms with van der Waals surface area (Å²) in [5.41, 5.74) is 5.17. The molecule has 0 radical (unpaired) electrons. The summed E-state index contributed by atoms with van der Waals surface area (Å²) in [6.07, 6.45) is 1.34. The molecule has 3 rings (SSSR count). The maximum Gasteiger partial charge on any atom is 0.275 e. The second-order valence-corrected chi connectivity index (χ2v) is 11.7. The van der Waals surface area contributed by atoms with Crippen molar-refractivity contribution in [2.45, 2.75) is 31.1 Å². The second kappa shape index (κ2) is 7.76. The Bertz CT molecular complexity index is 1070. The fourth-order valence-electron chi connectivity index (χ4n) is 3.10. The number of hydrogen-bond acceptors (Lipinski definition) is 6. The van der Waals surface area contributed by atoms with E-state index < -0.39 is 32.6 Å². The van der Waals surface area contributed by atoms with Gasteiger partial charge in [-0.3, -0.25) is 18.9 Å². The minimum atomic E-state index is -3.21. The predicted molar refractivity (Wildman–Crippen MR) is 122 cm³/mol. The average molecular weight is 520 g/mol. The van der Waals surface area contributed by atoms with Gasteiger partial charge in [0.1, 0.15) is 27.6 Å². The van der Waals surface area contributed by atoms with E-state index in [2.05, 4.69) is 31.2 Å². The van der Waals surface area contributed by atoms with E-state index in [9.17, 15) is 18.3 Å². The predicted octanol–water partition coefficient (Wildman–Crippen LogP) is 5.00. The van der Waals surface area contributed by atoms with Crippen molar-refractivity contribution in [1.29, 1.82) is 0 Å². The van der Waals surface area contributed by atoms with Crippen molar-refractivity contribution in [3.63, 3.8) is 0 Å². The van der Waals surface area contributed by atoms with Gasteiger partial charge in [-0.2, -0.15) is 10.6 Å². The van der Waals surface area contributed by atoms with Gasteiger partial charge in [0.15, 0.2) is 0 Å². The smallest absolute Gasteiger partial charge is 0.275 e. The van der Waals surface area contributed by atoms with E-state index in [-0.39, 0.29) is 28.5 Å². The van der Waals surface area contributed by atoms with Crippen LogP contribution in [0.3, 0.4) is 0 Å². The van der Waals surface area contributed by atoms with Crippen LogP contribution in [-0.4, -0.2) is 36.3 Å². The van der Waals surface area contributed by atoms with Gasteiger partial charge < -0.3 is 11.1 Å². The number of aliphatic imine (C=N–C) groups is 1. The zero-order valence-electron chi connectivity index (χ0n) is 16.4. The molecule has 0 saturated carbocycles. The number of rotatable bonds is 3. The number of pyridine rings is 1. The molecular formula is C19H21BrClFN4O3S.